The Hall–Kier alpha value is -2.88. The van der Waals surface area contributed by atoms with Gasteiger partial charge in [-0.2, -0.15) is 5.10 Å². The highest BCUT2D eigenvalue weighted by Gasteiger charge is 2.24. The van der Waals surface area contributed by atoms with E-state index in [-0.39, 0.29) is 18.8 Å². The molecule has 1 fully saturated rings. The molecule has 10 heteroatoms. The Labute approximate surface area is 160 Å². The molecule has 1 aromatic carbocycles. The number of anilines is 1. The first-order valence-corrected chi connectivity index (χ1v) is 8.87. The van der Waals surface area contributed by atoms with E-state index in [4.69, 9.17) is 0 Å². The Morgan fingerprint density at radius 3 is 2.54 bits per heavy atom. The summed E-state index contributed by atoms with van der Waals surface area (Å²) in [6.45, 7) is 1.32. The van der Waals surface area contributed by atoms with Crippen molar-refractivity contribution in [2.24, 2.45) is 0 Å². The molecule has 0 saturated carbocycles. The topological polar surface area (TPSA) is 90.1 Å². The zero-order valence-electron chi connectivity index (χ0n) is 15.0. The van der Waals surface area contributed by atoms with Gasteiger partial charge < -0.3 is 15.5 Å². The molecule has 2 heterocycles. The molecule has 3 N–H and O–H groups in total. The lowest BCUT2D eigenvalue weighted by atomic mass is 10.0. The monoisotopic (exact) mass is 397 g/mol. The first kappa shape index (κ1) is 19.9. The van der Waals surface area contributed by atoms with E-state index >= 15 is 0 Å². The molecule has 0 bridgehead atoms. The molecule has 0 atom stereocenters. The number of piperidine rings is 1. The van der Waals surface area contributed by atoms with E-state index in [2.05, 4.69) is 20.8 Å². The fourth-order valence-electron chi connectivity index (χ4n) is 3.13. The lowest BCUT2D eigenvalue weighted by molar-refractivity contribution is 0.0904. The summed E-state index contributed by atoms with van der Waals surface area (Å²) in [4.78, 5) is 26.7. The predicted molar refractivity (Wildman–Crippen MR) is 97.9 cm³/mol. The highest BCUT2D eigenvalue weighted by Crippen LogP contribution is 2.18. The number of amides is 2. The Morgan fingerprint density at radius 2 is 1.89 bits per heavy atom. The van der Waals surface area contributed by atoms with Gasteiger partial charge in [0.2, 0.25) is 0 Å². The Kier molecular flexibility index (Phi) is 6.30. The molecule has 1 aromatic heterocycles. The number of nitrogens with one attached hydrogen (secondary N) is 3. The van der Waals surface area contributed by atoms with Crippen LogP contribution in [0.4, 0.5) is 18.9 Å². The number of rotatable bonds is 6. The van der Waals surface area contributed by atoms with Crippen LogP contribution in [0.3, 0.4) is 0 Å². The molecular weight excluding hydrogens is 375 g/mol. The zero-order chi connectivity index (χ0) is 20.1. The van der Waals surface area contributed by atoms with Crippen LogP contribution in [0.1, 0.15) is 35.1 Å². The summed E-state index contributed by atoms with van der Waals surface area (Å²) in [6.07, 6.45) is 2.53. The number of hydrogen-bond donors (Lipinski definition) is 3. The second-order valence-corrected chi connectivity index (χ2v) is 6.49. The third-order valence-corrected chi connectivity index (χ3v) is 4.63. The smallest absolute Gasteiger partial charge is 0.271 e. The summed E-state index contributed by atoms with van der Waals surface area (Å²) in [5, 5.41) is 11.3. The van der Waals surface area contributed by atoms with Crippen LogP contribution in [-0.4, -0.2) is 59.3 Å². The molecule has 1 aliphatic rings. The van der Waals surface area contributed by atoms with Crippen LogP contribution in [0.25, 0.3) is 0 Å². The summed E-state index contributed by atoms with van der Waals surface area (Å²) >= 11 is 0. The number of carbonyl (C=O) groups is 2. The number of likely N-dealkylation sites (tertiary alicyclic amines) is 1. The van der Waals surface area contributed by atoms with Gasteiger partial charge in [0.05, 0.1) is 11.9 Å². The number of benzene rings is 1. The van der Waals surface area contributed by atoms with Crippen molar-refractivity contribution in [1.29, 1.82) is 0 Å². The second-order valence-electron chi connectivity index (χ2n) is 6.49. The molecule has 2 aromatic rings. The van der Waals surface area contributed by atoms with Crippen molar-refractivity contribution in [3.63, 3.8) is 0 Å². The molecule has 2 amide bonds. The Morgan fingerprint density at radius 1 is 1.21 bits per heavy atom. The van der Waals surface area contributed by atoms with Crippen molar-refractivity contribution in [3.8, 4) is 0 Å². The van der Waals surface area contributed by atoms with E-state index < -0.39 is 35.7 Å². The van der Waals surface area contributed by atoms with Gasteiger partial charge in [-0.3, -0.25) is 14.7 Å². The molecule has 0 aliphatic carbocycles. The fourth-order valence-corrected chi connectivity index (χ4v) is 3.13. The highest BCUT2D eigenvalue weighted by atomic mass is 19.1. The second kappa shape index (κ2) is 8.87. The maximum Gasteiger partial charge on any atom is 0.271 e. The number of halogens is 3. The van der Waals surface area contributed by atoms with Crippen LogP contribution >= 0.6 is 0 Å². The first-order valence-electron chi connectivity index (χ1n) is 8.87. The summed E-state index contributed by atoms with van der Waals surface area (Å²) in [6, 6.07) is 2.99. The third kappa shape index (κ3) is 4.50. The molecule has 0 unspecified atom stereocenters. The molecular formula is C18H22F3N5O2. The average molecular weight is 397 g/mol. The van der Waals surface area contributed by atoms with Crippen LogP contribution in [0.5, 0.6) is 0 Å². The number of nitrogens with zero attached hydrogens (tertiary/aromatic N) is 2. The van der Waals surface area contributed by atoms with Gasteiger partial charge in [0.15, 0.2) is 0 Å². The van der Waals surface area contributed by atoms with E-state index in [9.17, 15) is 22.8 Å². The van der Waals surface area contributed by atoms with Gasteiger partial charge in [-0.25, -0.2) is 13.2 Å². The average Bonchev–Trinajstić information content (AvgIpc) is 3.11. The summed E-state index contributed by atoms with van der Waals surface area (Å²) in [7, 11) is 0. The summed E-state index contributed by atoms with van der Waals surface area (Å²) in [5.74, 6) is -3.53. The van der Waals surface area contributed by atoms with E-state index in [1.54, 1.807) is 0 Å². The lowest BCUT2D eigenvalue weighted by Gasteiger charge is -2.31. The van der Waals surface area contributed by atoms with Crippen molar-refractivity contribution < 1.29 is 24.2 Å². The van der Waals surface area contributed by atoms with E-state index in [0.29, 0.717) is 32.5 Å². The number of aromatic nitrogens is 2. The summed E-state index contributed by atoms with van der Waals surface area (Å²) in [5.41, 5.74) is -0.744. The van der Waals surface area contributed by atoms with Crippen LogP contribution in [-0.2, 0) is 0 Å². The van der Waals surface area contributed by atoms with Crippen molar-refractivity contribution >= 4 is 17.5 Å². The van der Waals surface area contributed by atoms with Crippen molar-refractivity contribution in [2.75, 3.05) is 31.6 Å². The quantitative estimate of drug-likeness (QED) is 0.698. The lowest BCUT2D eigenvalue weighted by Crippen LogP contribution is -2.45. The van der Waals surface area contributed by atoms with Gasteiger partial charge in [0.25, 0.3) is 11.8 Å². The van der Waals surface area contributed by atoms with Crippen LogP contribution < -0.4 is 10.6 Å². The van der Waals surface area contributed by atoms with Crippen molar-refractivity contribution in [2.45, 2.75) is 18.9 Å². The molecule has 0 spiro atoms. The molecule has 28 heavy (non-hydrogen) atoms. The van der Waals surface area contributed by atoms with E-state index in [1.807, 2.05) is 4.90 Å². The normalized spacial score (nSPS) is 15.4. The van der Waals surface area contributed by atoms with Gasteiger partial charge in [-0.1, -0.05) is 6.07 Å². The van der Waals surface area contributed by atoms with Crippen LogP contribution in [0.15, 0.2) is 24.4 Å². The SMILES string of the molecule is O=C(NC1CCN(CCF)CC1)c1[nH]ncc1NC(=O)c1c(F)cccc1F.[HH]. The largest absolute Gasteiger partial charge is 0.348 e. The standard InChI is InChI=1S/C18H20F3N5O2.H2/c19-6-9-26-7-4-11(5-8-26)23-18(28)16-14(10-22-25-16)24-17(27)15-12(20)2-1-3-13(15)21;/h1-3,10-11H,4-9H2,(H,22,25)(H,23,28)(H,24,27);1H. The number of aromatic amines is 1. The van der Waals surface area contributed by atoms with Crippen LogP contribution in [0, 0.1) is 11.6 Å². The van der Waals surface area contributed by atoms with E-state index in [1.165, 1.54) is 6.20 Å². The minimum atomic E-state index is -1.02. The van der Waals surface area contributed by atoms with Crippen LogP contribution in [0.2, 0.25) is 0 Å². The molecule has 152 valence electrons. The maximum atomic E-state index is 13.8. The molecule has 3 rings (SSSR count). The van der Waals surface area contributed by atoms with E-state index in [0.717, 1.165) is 18.2 Å². The first-order chi connectivity index (χ1) is 13.5. The zero-order valence-corrected chi connectivity index (χ0v) is 15.0. The molecule has 1 saturated heterocycles. The maximum absolute atomic E-state index is 13.8. The molecule has 0 radical (unpaired) electrons. The fraction of sp³-hybridized carbons (Fsp3) is 0.389. The van der Waals surface area contributed by atoms with Gasteiger partial charge in [-0.15, -0.1) is 0 Å². The van der Waals surface area contributed by atoms with Gasteiger partial charge in [0.1, 0.15) is 29.6 Å². The molecule has 1 aliphatic heterocycles. The van der Waals surface area contributed by atoms with Gasteiger partial charge in [0, 0.05) is 27.1 Å². The van der Waals surface area contributed by atoms with Gasteiger partial charge in [-0.05, 0) is 25.0 Å². The Bertz CT molecular complexity index is 836. The minimum Gasteiger partial charge on any atom is -0.348 e. The van der Waals surface area contributed by atoms with Crippen molar-refractivity contribution in [1.82, 2.24) is 20.4 Å². The van der Waals surface area contributed by atoms with Crippen molar-refractivity contribution in [3.05, 3.63) is 47.3 Å². The van der Waals surface area contributed by atoms with Gasteiger partial charge >= 0.3 is 0 Å². The summed E-state index contributed by atoms with van der Waals surface area (Å²) < 4.78 is 39.9. The number of alkyl halides is 1. The molecule has 7 nitrogen and oxygen atoms in total. The third-order valence-electron chi connectivity index (χ3n) is 4.63. The Balaban J connectivity index is 0.00000300. The number of hydrogen-bond acceptors (Lipinski definition) is 4. The number of carbonyl (C=O) groups excluding carboxylic acids is 2. The highest BCUT2D eigenvalue weighted by molar-refractivity contribution is 6.08. The minimum absolute atomic E-state index is 0. The predicted octanol–water partition coefficient (Wildman–Crippen LogP) is 2.35. The number of H-pyrrole nitrogens is 1.